The van der Waals surface area contributed by atoms with Crippen LogP contribution in [0.1, 0.15) is 11.1 Å². The highest BCUT2D eigenvalue weighted by molar-refractivity contribution is 7.03. The molecule has 0 fully saturated rings. The summed E-state index contributed by atoms with van der Waals surface area (Å²) in [6.45, 7) is 6.98. The van der Waals surface area contributed by atoms with Crippen LogP contribution in [0.15, 0.2) is 114 Å². The van der Waals surface area contributed by atoms with Gasteiger partial charge in [-0.25, -0.2) is 4.57 Å². The highest BCUT2D eigenvalue weighted by Crippen LogP contribution is 2.43. The zero-order valence-electron chi connectivity index (χ0n) is 24.6. The van der Waals surface area contributed by atoms with Gasteiger partial charge in [-0.3, -0.25) is 0 Å². The Hall–Kier alpha value is -5.18. The summed E-state index contributed by atoms with van der Waals surface area (Å²) in [4.78, 5) is 0. The van der Waals surface area contributed by atoms with Crippen molar-refractivity contribution >= 4 is 40.4 Å². The van der Waals surface area contributed by atoms with Crippen LogP contribution in [0.3, 0.4) is 0 Å². The summed E-state index contributed by atoms with van der Waals surface area (Å²) in [7, 11) is 0.183. The Kier molecular flexibility index (Phi) is 5.43. The van der Waals surface area contributed by atoms with Gasteiger partial charge < -0.3 is 4.42 Å². The summed E-state index contributed by atoms with van der Waals surface area (Å²) >= 11 is 0. The summed E-state index contributed by atoms with van der Waals surface area (Å²) in [6.07, 6.45) is 4.18. The molecular weight excluding hydrogens is 543 g/mol. The lowest BCUT2D eigenvalue weighted by Crippen LogP contribution is -2.49. The van der Waals surface area contributed by atoms with Gasteiger partial charge in [0.15, 0.2) is 5.58 Å². The van der Waals surface area contributed by atoms with Crippen molar-refractivity contribution in [2.45, 2.75) is 20.0 Å². The van der Waals surface area contributed by atoms with E-state index in [1.807, 2.05) is 18.2 Å². The molecule has 0 spiro atoms. The number of benzene rings is 5. The molecule has 206 valence electrons. The predicted molar refractivity (Wildman–Crippen MR) is 177 cm³/mol. The van der Waals surface area contributed by atoms with E-state index in [1.54, 1.807) is 0 Å². The normalized spacial score (nSPS) is 13.3. The molecule has 43 heavy (non-hydrogen) atoms. The van der Waals surface area contributed by atoms with Crippen molar-refractivity contribution in [3.05, 3.63) is 121 Å². The third-order valence-corrected chi connectivity index (χ3v) is 12.8. The molecule has 3 heterocycles. The number of para-hydroxylation sites is 1. The summed E-state index contributed by atoms with van der Waals surface area (Å²) in [5.41, 5.74) is 10.0. The van der Waals surface area contributed by atoms with Crippen molar-refractivity contribution in [2.75, 3.05) is 0 Å². The number of aromatic nitrogens is 2. The maximum Gasteiger partial charge on any atom is 0.297 e. The highest BCUT2D eigenvalue weighted by Gasteiger charge is 2.37. The van der Waals surface area contributed by atoms with Crippen molar-refractivity contribution in [1.82, 2.24) is 4.57 Å². The van der Waals surface area contributed by atoms with Crippen molar-refractivity contribution in [3.63, 3.8) is 0 Å². The number of hydrogen-bond acceptors (Lipinski definition) is 2. The number of furan rings is 1. The second-order valence-corrected chi connectivity index (χ2v) is 16.4. The van der Waals surface area contributed by atoms with Gasteiger partial charge in [-0.1, -0.05) is 85.9 Å². The van der Waals surface area contributed by atoms with Gasteiger partial charge in [-0.05, 0) is 63.8 Å². The fourth-order valence-corrected chi connectivity index (χ4v) is 10.2. The van der Waals surface area contributed by atoms with Gasteiger partial charge >= 0.3 is 0 Å². The van der Waals surface area contributed by atoms with E-state index in [4.69, 9.17) is 4.42 Å². The topological polar surface area (TPSA) is 45.7 Å². The lowest BCUT2D eigenvalue weighted by molar-refractivity contribution is -0.659. The molecule has 5 aromatic carbocycles. The van der Waals surface area contributed by atoms with Gasteiger partial charge in [0.05, 0.1) is 18.7 Å². The van der Waals surface area contributed by atoms with Crippen LogP contribution in [0, 0.1) is 18.3 Å². The Labute approximate surface area is 251 Å². The van der Waals surface area contributed by atoms with Gasteiger partial charge in [0.25, 0.3) is 5.82 Å². The van der Waals surface area contributed by atoms with E-state index >= 15 is 0 Å². The molecule has 2 aromatic heterocycles. The van der Waals surface area contributed by atoms with E-state index in [0.29, 0.717) is 5.56 Å². The molecule has 0 unspecified atom stereocenters. The fraction of sp³-hybridized carbons (Fsp3) is 0.105. The SMILES string of the molecule is Cc1ccc2c(oc3c(-c4ccc5c(c4)[Si](C)(C)c4ccccc4-5)c(C#N)ccc32)c1-c1n(-c2ccccc2)cc[n+]1C. The van der Waals surface area contributed by atoms with Crippen molar-refractivity contribution in [2.24, 2.45) is 7.05 Å². The van der Waals surface area contributed by atoms with Crippen molar-refractivity contribution < 1.29 is 8.98 Å². The zero-order valence-corrected chi connectivity index (χ0v) is 25.6. The van der Waals surface area contributed by atoms with Crippen LogP contribution in [0.5, 0.6) is 0 Å². The van der Waals surface area contributed by atoms with Gasteiger partial charge in [-0.2, -0.15) is 9.83 Å². The van der Waals surface area contributed by atoms with E-state index in [1.165, 1.54) is 21.5 Å². The molecule has 0 radical (unpaired) electrons. The molecule has 0 N–H and O–H groups in total. The zero-order chi connectivity index (χ0) is 29.5. The molecule has 8 rings (SSSR count). The first-order valence-corrected chi connectivity index (χ1v) is 17.6. The Balaban J connectivity index is 1.40. The Morgan fingerprint density at radius 2 is 1.47 bits per heavy atom. The minimum absolute atomic E-state index is 0.623. The summed E-state index contributed by atoms with van der Waals surface area (Å²) in [5, 5.41) is 15.3. The number of fused-ring (bicyclic) bond motifs is 6. The third kappa shape index (κ3) is 3.57. The number of rotatable bonds is 3. The molecule has 1 aliphatic heterocycles. The molecule has 0 amide bonds. The van der Waals surface area contributed by atoms with Gasteiger partial charge in [-0.15, -0.1) is 0 Å². The van der Waals surface area contributed by atoms with Crippen LogP contribution in [0.25, 0.3) is 61.3 Å². The minimum Gasteiger partial charge on any atom is -0.454 e. The molecular formula is C38H30N3OSi+. The minimum atomic E-state index is -1.89. The lowest BCUT2D eigenvalue weighted by atomic mass is 9.95. The van der Waals surface area contributed by atoms with Gasteiger partial charge in [0.2, 0.25) is 0 Å². The number of hydrogen-bond donors (Lipinski definition) is 0. The smallest absolute Gasteiger partial charge is 0.297 e. The van der Waals surface area contributed by atoms with Crippen molar-refractivity contribution in [1.29, 1.82) is 5.26 Å². The summed E-state index contributed by atoms with van der Waals surface area (Å²) < 4.78 is 11.3. The van der Waals surface area contributed by atoms with Crippen LogP contribution in [-0.4, -0.2) is 12.6 Å². The Morgan fingerprint density at radius 1 is 0.767 bits per heavy atom. The van der Waals surface area contributed by atoms with Crippen LogP contribution in [-0.2, 0) is 7.05 Å². The number of nitrogens with zero attached hydrogens (tertiary/aromatic N) is 3. The first kappa shape index (κ1) is 25.5. The Morgan fingerprint density at radius 3 is 2.26 bits per heavy atom. The molecule has 0 bridgehead atoms. The van der Waals surface area contributed by atoms with Gasteiger partial charge in [0.1, 0.15) is 37.3 Å². The highest BCUT2D eigenvalue weighted by atomic mass is 28.3. The Bertz CT molecular complexity index is 2300. The molecule has 0 saturated heterocycles. The van der Waals surface area contributed by atoms with Gasteiger partial charge in [0, 0.05) is 16.3 Å². The summed E-state index contributed by atoms with van der Waals surface area (Å²) in [5.74, 6) is 1.04. The predicted octanol–water partition coefficient (Wildman–Crippen LogP) is 7.52. The van der Waals surface area contributed by atoms with E-state index in [9.17, 15) is 5.26 Å². The molecule has 5 heteroatoms. The largest absolute Gasteiger partial charge is 0.454 e. The third-order valence-electron chi connectivity index (χ3n) is 9.27. The quantitative estimate of drug-likeness (QED) is 0.162. The fourth-order valence-electron chi connectivity index (χ4n) is 7.09. The maximum atomic E-state index is 10.3. The molecule has 0 saturated carbocycles. The number of nitriles is 1. The van der Waals surface area contributed by atoms with Crippen LogP contribution in [0.2, 0.25) is 13.1 Å². The second kappa shape index (κ2) is 9.16. The summed E-state index contributed by atoms with van der Waals surface area (Å²) in [6, 6.07) is 36.7. The molecule has 0 atom stereocenters. The number of aryl methyl sites for hydroxylation is 2. The van der Waals surface area contributed by atoms with Crippen molar-refractivity contribution in [3.8, 4) is 45.4 Å². The van der Waals surface area contributed by atoms with E-state index in [0.717, 1.165) is 55.7 Å². The average Bonchev–Trinajstić information content (AvgIpc) is 3.67. The maximum absolute atomic E-state index is 10.3. The number of imidazole rings is 1. The lowest BCUT2D eigenvalue weighted by Gasteiger charge is -2.19. The molecule has 4 nitrogen and oxygen atoms in total. The van der Waals surface area contributed by atoms with E-state index in [2.05, 4.69) is 134 Å². The van der Waals surface area contributed by atoms with Crippen LogP contribution >= 0.6 is 0 Å². The monoisotopic (exact) mass is 572 g/mol. The molecule has 7 aromatic rings. The van der Waals surface area contributed by atoms with Crippen LogP contribution < -0.4 is 14.9 Å². The molecule has 0 aliphatic carbocycles. The van der Waals surface area contributed by atoms with E-state index < -0.39 is 8.07 Å². The van der Waals surface area contributed by atoms with Crippen LogP contribution in [0.4, 0.5) is 0 Å². The average molecular weight is 573 g/mol. The standard InChI is InChI=1S/C38H30N3OSi/c1-24-14-17-30-31-19-16-26(23-39)35(25-15-18-29-28-12-8-9-13-32(28)43(3,4)33(29)22-25)37(31)42-36(30)34(24)38-40(2)20-21-41(38)27-10-6-5-7-11-27/h5-22H,1-4H3/q+1. The van der Waals surface area contributed by atoms with E-state index in [-0.39, 0.29) is 0 Å². The molecule has 1 aliphatic rings. The first-order valence-electron chi connectivity index (χ1n) is 14.6. The second-order valence-electron chi connectivity index (χ2n) is 12.1. The first-order chi connectivity index (χ1) is 20.9.